The molecule has 5 nitrogen and oxygen atoms in total. The van der Waals surface area contributed by atoms with Crippen molar-refractivity contribution in [2.45, 2.75) is 24.8 Å². The number of rotatable bonds is 4. The van der Waals surface area contributed by atoms with Crippen LogP contribution < -0.4 is 15.2 Å². The fourth-order valence-electron chi connectivity index (χ4n) is 4.29. The maximum absolute atomic E-state index is 13.0. The molecule has 146 valence electrons. The number of piperidine rings is 1. The van der Waals surface area contributed by atoms with E-state index in [2.05, 4.69) is 12.6 Å². The largest absolute Gasteiger partial charge is 0.496 e. The van der Waals surface area contributed by atoms with E-state index in [-0.39, 0.29) is 11.3 Å². The van der Waals surface area contributed by atoms with Crippen molar-refractivity contribution in [3.8, 4) is 11.5 Å². The first-order chi connectivity index (χ1) is 13.6. The lowest BCUT2D eigenvalue weighted by atomic mass is 9.74. The molecule has 0 saturated carbocycles. The highest BCUT2D eigenvalue weighted by atomic mass is 16.5. The number of likely N-dealkylation sites (tertiary alicyclic amines) is 1. The van der Waals surface area contributed by atoms with Crippen LogP contribution in [0.5, 0.6) is 11.5 Å². The summed E-state index contributed by atoms with van der Waals surface area (Å²) in [5.41, 5.74) is 9.38. The third kappa shape index (κ3) is 3.06. The Kier molecular flexibility index (Phi) is 4.85. The molecule has 0 radical (unpaired) electrons. The first-order valence-corrected chi connectivity index (χ1v) is 9.66. The van der Waals surface area contributed by atoms with E-state index in [1.54, 1.807) is 7.11 Å². The van der Waals surface area contributed by atoms with Crippen molar-refractivity contribution in [1.29, 1.82) is 0 Å². The van der Waals surface area contributed by atoms with Gasteiger partial charge in [-0.1, -0.05) is 36.9 Å². The van der Waals surface area contributed by atoms with Gasteiger partial charge in [0.25, 0.3) is 5.91 Å². The van der Waals surface area contributed by atoms with Gasteiger partial charge in [-0.25, -0.2) is 0 Å². The Morgan fingerprint density at radius 1 is 1.25 bits per heavy atom. The molecule has 2 aromatic rings. The van der Waals surface area contributed by atoms with Crippen LogP contribution in [0, 0.1) is 0 Å². The minimum absolute atomic E-state index is 0.0247. The molecule has 0 unspecified atom stereocenters. The number of carbonyl (C=O) groups excluding carboxylic acids is 1. The molecule has 1 saturated heterocycles. The minimum atomic E-state index is -0.0332. The molecule has 1 spiro atoms. The van der Waals surface area contributed by atoms with Gasteiger partial charge in [-0.15, -0.1) is 0 Å². The van der Waals surface area contributed by atoms with Crippen LogP contribution in [0.4, 0.5) is 0 Å². The van der Waals surface area contributed by atoms with E-state index in [1.165, 1.54) is 5.56 Å². The second-order valence-corrected chi connectivity index (χ2v) is 7.57. The lowest BCUT2D eigenvalue weighted by molar-refractivity contribution is -0.126. The van der Waals surface area contributed by atoms with Crippen molar-refractivity contribution < 1.29 is 14.3 Å². The zero-order chi connectivity index (χ0) is 19.7. The van der Waals surface area contributed by atoms with Crippen LogP contribution in [0.2, 0.25) is 0 Å². The monoisotopic (exact) mass is 378 g/mol. The van der Waals surface area contributed by atoms with E-state index in [4.69, 9.17) is 15.2 Å². The second kappa shape index (κ2) is 7.32. The number of nitrogens with zero attached hydrogens (tertiary/aromatic N) is 1. The van der Waals surface area contributed by atoms with Crippen molar-refractivity contribution in [3.63, 3.8) is 0 Å². The number of ether oxygens (including phenoxy) is 2. The number of benzene rings is 2. The smallest absolute Gasteiger partial charge is 0.253 e. The summed E-state index contributed by atoms with van der Waals surface area (Å²) in [6.07, 6.45) is 1.75. The van der Waals surface area contributed by atoms with Gasteiger partial charge in [-0.2, -0.15) is 0 Å². The number of methoxy groups -OCH3 is 1. The fraction of sp³-hybridized carbons (Fsp3) is 0.348. The number of nitrogens with two attached hydrogens (primary N) is 1. The molecule has 2 N–H and O–H groups in total. The summed E-state index contributed by atoms with van der Waals surface area (Å²) in [4.78, 5) is 14.9. The third-order valence-corrected chi connectivity index (χ3v) is 6.05. The Morgan fingerprint density at radius 2 is 2.00 bits per heavy atom. The highest BCUT2D eigenvalue weighted by Crippen LogP contribution is 2.46. The van der Waals surface area contributed by atoms with Gasteiger partial charge in [-0.05, 0) is 30.5 Å². The minimum Gasteiger partial charge on any atom is -0.496 e. The number of hydrogen-bond donors (Lipinski definition) is 1. The van der Waals surface area contributed by atoms with Gasteiger partial charge in [0.05, 0.1) is 13.7 Å². The molecule has 0 bridgehead atoms. The van der Waals surface area contributed by atoms with Crippen molar-refractivity contribution in [2.75, 3.05) is 26.8 Å². The van der Waals surface area contributed by atoms with Gasteiger partial charge in [0.1, 0.15) is 11.5 Å². The maximum Gasteiger partial charge on any atom is 0.253 e. The molecular weight excluding hydrogens is 352 g/mol. The van der Waals surface area contributed by atoms with Crippen molar-refractivity contribution in [1.82, 2.24) is 4.90 Å². The molecule has 0 aliphatic carbocycles. The molecule has 5 heteroatoms. The van der Waals surface area contributed by atoms with Gasteiger partial charge >= 0.3 is 0 Å². The van der Waals surface area contributed by atoms with E-state index in [0.717, 1.165) is 29.7 Å². The summed E-state index contributed by atoms with van der Waals surface area (Å²) in [6.45, 7) is 6.61. The van der Waals surface area contributed by atoms with E-state index >= 15 is 0 Å². The summed E-state index contributed by atoms with van der Waals surface area (Å²) >= 11 is 0. The maximum atomic E-state index is 13.0. The van der Waals surface area contributed by atoms with Crippen LogP contribution in [-0.2, 0) is 16.8 Å². The number of para-hydroxylation sites is 1. The van der Waals surface area contributed by atoms with Crippen molar-refractivity contribution in [2.24, 2.45) is 5.73 Å². The van der Waals surface area contributed by atoms with Crippen LogP contribution in [0.3, 0.4) is 0 Å². The van der Waals surface area contributed by atoms with Gasteiger partial charge in [-0.3, -0.25) is 4.79 Å². The number of amides is 1. The molecule has 0 aromatic heterocycles. The Labute approximate surface area is 165 Å². The van der Waals surface area contributed by atoms with E-state index in [0.29, 0.717) is 37.6 Å². The van der Waals surface area contributed by atoms with Gasteiger partial charge < -0.3 is 20.1 Å². The molecule has 2 aliphatic heterocycles. The molecular formula is C23H26N2O3. The van der Waals surface area contributed by atoms with E-state index in [9.17, 15) is 4.79 Å². The molecule has 0 atom stereocenters. The molecule has 28 heavy (non-hydrogen) atoms. The molecule has 1 fully saturated rings. The topological polar surface area (TPSA) is 64.8 Å². The van der Waals surface area contributed by atoms with Crippen LogP contribution in [0.1, 0.15) is 29.5 Å². The first kappa shape index (κ1) is 18.6. The van der Waals surface area contributed by atoms with Crippen LogP contribution in [-0.4, -0.2) is 37.6 Å². The molecule has 2 aromatic carbocycles. The highest BCUT2D eigenvalue weighted by Gasteiger charge is 2.44. The average molecular weight is 378 g/mol. The summed E-state index contributed by atoms with van der Waals surface area (Å²) in [5, 5.41) is 0. The second-order valence-electron chi connectivity index (χ2n) is 7.57. The molecule has 1 amide bonds. The number of hydrogen-bond acceptors (Lipinski definition) is 4. The van der Waals surface area contributed by atoms with E-state index < -0.39 is 0 Å². The summed E-state index contributed by atoms with van der Waals surface area (Å²) in [6, 6.07) is 13.7. The number of carbonyl (C=O) groups is 1. The standard InChI is InChI=1S/C23H26N2O3/c1-16(18-5-3-4-6-20(18)27-2)22(26)25-11-9-23(10-12-25)15-28-21-8-7-17(14-24)13-19(21)23/h3-8,13H,1,9-12,14-15,24H2,2H3. The Morgan fingerprint density at radius 3 is 2.71 bits per heavy atom. The SMILES string of the molecule is C=C(C(=O)N1CCC2(CC1)COc1ccc(CN)cc12)c1ccccc1OC. The van der Waals surface area contributed by atoms with Crippen molar-refractivity contribution in [3.05, 3.63) is 65.7 Å². The quantitative estimate of drug-likeness (QED) is 0.831. The Hall–Kier alpha value is -2.79. The van der Waals surface area contributed by atoms with Gasteiger partial charge in [0.15, 0.2) is 0 Å². The lowest BCUT2D eigenvalue weighted by Crippen LogP contribution is -2.46. The van der Waals surface area contributed by atoms with Crippen molar-refractivity contribution >= 4 is 11.5 Å². The zero-order valence-electron chi connectivity index (χ0n) is 16.2. The van der Waals surface area contributed by atoms with Crippen LogP contribution in [0.15, 0.2) is 49.0 Å². The number of fused-ring (bicyclic) bond motifs is 2. The third-order valence-electron chi connectivity index (χ3n) is 6.05. The summed E-state index contributed by atoms with van der Waals surface area (Å²) < 4.78 is 11.3. The zero-order valence-corrected chi connectivity index (χ0v) is 16.2. The molecule has 4 rings (SSSR count). The van der Waals surface area contributed by atoms with E-state index in [1.807, 2.05) is 41.3 Å². The first-order valence-electron chi connectivity index (χ1n) is 9.66. The normalized spacial score (nSPS) is 17.1. The summed E-state index contributed by atoms with van der Waals surface area (Å²) in [7, 11) is 1.61. The molecule has 2 heterocycles. The Bertz CT molecular complexity index is 914. The molecule has 2 aliphatic rings. The highest BCUT2D eigenvalue weighted by molar-refractivity contribution is 6.19. The summed E-state index contributed by atoms with van der Waals surface area (Å²) in [5.74, 6) is 1.59. The predicted molar refractivity (Wildman–Crippen MR) is 109 cm³/mol. The van der Waals surface area contributed by atoms with Gasteiger partial charge in [0, 0.05) is 41.7 Å². The van der Waals surface area contributed by atoms with Crippen LogP contribution >= 0.6 is 0 Å². The average Bonchev–Trinajstić information content (AvgIpc) is 3.10. The Balaban J connectivity index is 1.50. The van der Waals surface area contributed by atoms with Crippen LogP contribution in [0.25, 0.3) is 5.57 Å². The van der Waals surface area contributed by atoms with Gasteiger partial charge in [0.2, 0.25) is 0 Å². The predicted octanol–water partition coefficient (Wildman–Crippen LogP) is 3.12. The fourth-order valence-corrected chi connectivity index (χ4v) is 4.29. The lowest BCUT2D eigenvalue weighted by Gasteiger charge is -2.39.